The normalized spacial score (nSPS) is 11.1. The molecule has 0 aromatic heterocycles. The van der Waals surface area contributed by atoms with Gasteiger partial charge in [-0.15, -0.1) is 0 Å². The molecule has 9 nitrogen and oxygen atoms in total. The molecule has 0 aliphatic heterocycles. The molecule has 4 aromatic rings. The molecule has 0 radical (unpaired) electrons. The van der Waals surface area contributed by atoms with E-state index < -0.39 is 12.2 Å². The van der Waals surface area contributed by atoms with Gasteiger partial charge in [0.25, 0.3) is 0 Å². The first kappa shape index (κ1) is 74.1. The second-order valence-corrected chi connectivity index (χ2v) is 21.5. The van der Waals surface area contributed by atoms with Crippen LogP contribution in [-0.2, 0) is 6.42 Å². The number of aryl methyl sites for hydroxylation is 1. The number of anilines is 1. The Kier molecular flexibility index (Phi) is 39.6. The molecule has 0 fully saturated rings. The maximum Gasteiger partial charge on any atom is 0.187 e. The molecule has 0 spiro atoms. The highest BCUT2D eigenvalue weighted by atomic mass is 16.5. The minimum atomic E-state index is -0.462. The van der Waals surface area contributed by atoms with Gasteiger partial charge >= 0.3 is 0 Å². The number of ether oxygens (including phenoxy) is 2. The monoisotopic (exact) mass is 978 g/mol. The highest BCUT2D eigenvalue weighted by molar-refractivity contribution is 5.54. The summed E-state index contributed by atoms with van der Waals surface area (Å²) < 4.78 is 10.9. The third-order valence-electron chi connectivity index (χ3n) is 9.65. The van der Waals surface area contributed by atoms with Crippen LogP contribution in [0.25, 0.3) is 19.4 Å². The predicted molar refractivity (Wildman–Crippen MR) is 310 cm³/mol. The van der Waals surface area contributed by atoms with Crippen LogP contribution in [0.2, 0.25) is 0 Å². The molecule has 0 bridgehead atoms. The first-order chi connectivity index (χ1) is 30.8. The standard InChI is InChI=1S/C15H21N.C14H20N2.2C14H19NO2.5CH4/c1-15(2,3)12-6-5-7-13-8-10-14(16-4)11-9-13;1-14(2,3)10-5-11-16-13-8-6-12(15-4)7-9-13;2*1-14(2,3)9-12(16)10-17-13-7-5-11(15-4)6-8-13;;;;;/h8-11H,5-7,12H2,1-3H3;6-9,16H,5,10-11H2,1-3H3;2*5-8,12,16H,9-10H2,1-3H3;5*1H4/t;;12-;;;;;;/m..0....../s1. The number of rotatable bonds is 16. The SMILES string of the molecule is C.C.C.C.C.[C-]#[N+]c1ccc(CCCCC(C)(C)C)cc1.[C-]#[N+]c1ccc(NCCCC(C)(C)C)cc1.[C-]#[N+]c1ccc(OCC(O)CC(C)(C)C)cc1.[C-]#[N+]c1ccc(OC[C@@H](O)CC(C)(C)C)cc1. The van der Waals surface area contributed by atoms with E-state index in [9.17, 15) is 10.2 Å². The summed E-state index contributed by atoms with van der Waals surface area (Å²) in [5.41, 5.74) is 6.11. The van der Waals surface area contributed by atoms with E-state index in [0.29, 0.717) is 52.2 Å². The third kappa shape index (κ3) is 40.6. The number of aliphatic hydroxyl groups is 2. The molecule has 9 heteroatoms. The van der Waals surface area contributed by atoms with Crippen LogP contribution in [0.5, 0.6) is 11.5 Å². The van der Waals surface area contributed by atoms with Crippen LogP contribution in [-0.4, -0.2) is 42.2 Å². The second-order valence-electron chi connectivity index (χ2n) is 21.5. The van der Waals surface area contributed by atoms with E-state index in [1.165, 1.54) is 37.7 Å². The van der Waals surface area contributed by atoms with Crippen LogP contribution in [0.1, 0.15) is 171 Å². The maximum atomic E-state index is 9.77. The van der Waals surface area contributed by atoms with Crippen LogP contribution in [0.3, 0.4) is 0 Å². The number of hydrogen-bond acceptors (Lipinski definition) is 5. The smallest absolute Gasteiger partial charge is 0.187 e. The minimum Gasteiger partial charge on any atom is -0.491 e. The lowest BCUT2D eigenvalue weighted by molar-refractivity contribution is 0.0708. The van der Waals surface area contributed by atoms with Crippen molar-refractivity contribution in [2.45, 2.75) is 184 Å². The van der Waals surface area contributed by atoms with Gasteiger partial charge in [-0.3, -0.25) is 0 Å². The third-order valence-corrected chi connectivity index (χ3v) is 9.65. The van der Waals surface area contributed by atoms with Crippen LogP contribution in [0.4, 0.5) is 28.4 Å². The number of benzene rings is 4. The van der Waals surface area contributed by atoms with E-state index >= 15 is 0 Å². The van der Waals surface area contributed by atoms with Gasteiger partial charge in [0.05, 0.1) is 38.5 Å². The minimum absolute atomic E-state index is 0. The lowest BCUT2D eigenvalue weighted by Crippen LogP contribution is -2.23. The zero-order valence-corrected chi connectivity index (χ0v) is 42.2. The lowest BCUT2D eigenvalue weighted by Gasteiger charge is -2.22. The molecule has 0 saturated heterocycles. The van der Waals surface area contributed by atoms with Crippen molar-refractivity contribution in [3.8, 4) is 11.5 Å². The van der Waals surface area contributed by atoms with Crippen molar-refractivity contribution >= 4 is 28.4 Å². The van der Waals surface area contributed by atoms with Gasteiger partial charge in [0.15, 0.2) is 22.7 Å². The largest absolute Gasteiger partial charge is 0.491 e. The Labute approximate surface area is 436 Å². The van der Waals surface area contributed by atoms with Crippen LogP contribution in [0, 0.1) is 47.9 Å². The average molecular weight is 979 g/mol. The summed E-state index contributed by atoms with van der Waals surface area (Å²) in [4.78, 5) is 13.4. The van der Waals surface area contributed by atoms with Crippen molar-refractivity contribution in [3.63, 3.8) is 0 Å². The van der Waals surface area contributed by atoms with Crippen LogP contribution < -0.4 is 14.8 Å². The molecular weight excluding hydrogens is 879 g/mol. The Morgan fingerprint density at radius 1 is 0.437 bits per heavy atom. The van der Waals surface area contributed by atoms with E-state index in [1.807, 2.05) is 36.4 Å². The summed E-state index contributed by atoms with van der Waals surface area (Å²) in [6.45, 7) is 55.1. The van der Waals surface area contributed by atoms with Gasteiger partial charge in [0, 0.05) is 12.2 Å². The van der Waals surface area contributed by atoms with Gasteiger partial charge in [0.2, 0.25) is 0 Å². The van der Waals surface area contributed by atoms with E-state index in [-0.39, 0.29) is 61.2 Å². The van der Waals surface area contributed by atoms with E-state index in [1.54, 1.807) is 48.5 Å². The van der Waals surface area contributed by atoms with E-state index in [4.69, 9.17) is 35.8 Å². The molecule has 0 saturated carbocycles. The van der Waals surface area contributed by atoms with Gasteiger partial charge in [-0.2, -0.15) is 0 Å². The Bertz CT molecular complexity index is 1940. The summed E-state index contributed by atoms with van der Waals surface area (Å²) in [5, 5.41) is 22.9. The van der Waals surface area contributed by atoms with E-state index in [0.717, 1.165) is 24.3 Å². The van der Waals surface area contributed by atoms with Crippen molar-refractivity contribution in [3.05, 3.63) is 148 Å². The fourth-order valence-corrected chi connectivity index (χ4v) is 6.38. The van der Waals surface area contributed by atoms with Gasteiger partial charge in [-0.05, 0) is 103 Å². The zero-order chi connectivity index (χ0) is 49.8. The predicted octanol–water partition coefficient (Wildman–Crippen LogP) is 19.5. The van der Waals surface area contributed by atoms with Crippen LogP contribution >= 0.6 is 0 Å². The first-order valence-corrected chi connectivity index (χ1v) is 23.1. The van der Waals surface area contributed by atoms with Gasteiger partial charge in [-0.25, -0.2) is 19.4 Å². The Morgan fingerprint density at radius 2 is 0.746 bits per heavy atom. The molecule has 2 atom stereocenters. The topological polar surface area (TPSA) is 88.4 Å². The Morgan fingerprint density at radius 3 is 1.06 bits per heavy atom. The highest BCUT2D eigenvalue weighted by Gasteiger charge is 2.18. The summed E-state index contributed by atoms with van der Waals surface area (Å²) in [6, 6.07) is 29.4. The average Bonchev–Trinajstić information content (AvgIpc) is 3.25. The molecule has 4 aromatic carbocycles. The molecule has 3 N–H and O–H groups in total. The van der Waals surface area contributed by atoms with Crippen LogP contribution in [0.15, 0.2) is 97.1 Å². The summed E-state index contributed by atoms with van der Waals surface area (Å²) in [5.74, 6) is 1.37. The molecule has 0 aliphatic rings. The van der Waals surface area contributed by atoms with E-state index in [2.05, 4.69) is 120 Å². The molecular formula is C62H99N5O4. The Balaban J connectivity index is -0.000000267. The fourth-order valence-electron chi connectivity index (χ4n) is 6.38. The highest BCUT2D eigenvalue weighted by Crippen LogP contribution is 2.26. The number of aliphatic hydroxyl groups excluding tert-OH is 2. The van der Waals surface area contributed by atoms with Crippen molar-refractivity contribution in [2.24, 2.45) is 21.7 Å². The van der Waals surface area contributed by atoms with Crippen molar-refractivity contribution in [1.82, 2.24) is 0 Å². The molecule has 4 rings (SSSR count). The number of nitrogens with zero attached hydrogens (tertiary/aromatic N) is 4. The molecule has 396 valence electrons. The lowest BCUT2D eigenvalue weighted by atomic mass is 9.89. The molecule has 1 unspecified atom stereocenters. The van der Waals surface area contributed by atoms with Crippen molar-refractivity contribution < 1.29 is 19.7 Å². The number of hydrogen-bond donors (Lipinski definition) is 3. The van der Waals surface area contributed by atoms with Crippen molar-refractivity contribution in [1.29, 1.82) is 0 Å². The summed E-state index contributed by atoms with van der Waals surface area (Å²) >= 11 is 0. The van der Waals surface area contributed by atoms with Crippen molar-refractivity contribution in [2.75, 3.05) is 25.1 Å². The molecule has 71 heavy (non-hydrogen) atoms. The molecule has 0 aliphatic carbocycles. The molecule has 0 heterocycles. The summed E-state index contributed by atoms with van der Waals surface area (Å²) in [7, 11) is 0. The quantitative estimate of drug-likeness (QED) is 0.0769. The fraction of sp³-hybridized carbons (Fsp3) is 0.548. The summed E-state index contributed by atoms with van der Waals surface area (Å²) in [6.07, 6.45) is 7.82. The zero-order valence-electron chi connectivity index (χ0n) is 42.2. The van der Waals surface area contributed by atoms with Gasteiger partial charge < -0.3 is 25.0 Å². The molecule has 0 amide bonds. The Hall–Kier alpha value is -5.84. The second kappa shape index (κ2) is 37.9. The maximum absolute atomic E-state index is 9.77. The number of nitrogens with one attached hydrogen (secondary N) is 1. The number of unbranched alkanes of at least 4 members (excludes halogenated alkanes) is 1. The van der Waals surface area contributed by atoms with Gasteiger partial charge in [-0.1, -0.05) is 193 Å². The van der Waals surface area contributed by atoms with Gasteiger partial charge in [0.1, 0.15) is 24.7 Å². The first-order valence-electron chi connectivity index (χ1n) is 23.1.